The highest BCUT2D eigenvalue weighted by molar-refractivity contribution is 6.31. The summed E-state index contributed by atoms with van der Waals surface area (Å²) in [5.41, 5.74) is 2.44. The van der Waals surface area contributed by atoms with Crippen molar-refractivity contribution in [3.63, 3.8) is 0 Å². The molecule has 0 saturated carbocycles. The van der Waals surface area contributed by atoms with Crippen molar-refractivity contribution in [3.05, 3.63) is 64.8 Å². The van der Waals surface area contributed by atoms with Crippen LogP contribution >= 0.6 is 11.6 Å². The van der Waals surface area contributed by atoms with E-state index in [2.05, 4.69) is 5.32 Å². The Morgan fingerprint density at radius 2 is 2.00 bits per heavy atom. The minimum absolute atomic E-state index is 0.117. The molecule has 5 nitrogen and oxygen atoms in total. The number of benzene rings is 2. The highest BCUT2D eigenvalue weighted by atomic mass is 35.5. The zero-order chi connectivity index (χ0) is 18.7. The number of fused-ring (bicyclic) bond motifs is 1. The Labute approximate surface area is 157 Å². The molecule has 2 aromatic rings. The normalized spacial score (nSPS) is 15.3. The van der Waals surface area contributed by atoms with E-state index >= 15 is 0 Å². The third-order valence-electron chi connectivity index (χ3n) is 4.28. The Morgan fingerprint density at radius 3 is 2.73 bits per heavy atom. The van der Waals surface area contributed by atoms with Crippen LogP contribution in [-0.4, -0.2) is 23.8 Å². The molecular weight excluding hydrogens is 352 g/mol. The van der Waals surface area contributed by atoms with Crippen LogP contribution in [0.1, 0.15) is 30.5 Å². The summed E-state index contributed by atoms with van der Waals surface area (Å²) in [6.45, 7) is 1.49. The maximum Gasteiger partial charge on any atom is 0.226 e. The third-order valence-corrected chi connectivity index (χ3v) is 4.52. The van der Waals surface area contributed by atoms with Gasteiger partial charge in [0.2, 0.25) is 11.8 Å². The summed E-state index contributed by atoms with van der Waals surface area (Å²) in [6.07, 6.45) is 3.73. The van der Waals surface area contributed by atoms with Crippen LogP contribution in [-0.2, 0) is 9.59 Å². The van der Waals surface area contributed by atoms with Gasteiger partial charge in [-0.25, -0.2) is 0 Å². The predicted octanol–water partition coefficient (Wildman–Crippen LogP) is 4.25. The number of methoxy groups -OCH3 is 1. The van der Waals surface area contributed by atoms with E-state index in [1.54, 1.807) is 29.3 Å². The summed E-state index contributed by atoms with van der Waals surface area (Å²) in [5, 5.41) is 3.33. The van der Waals surface area contributed by atoms with Crippen LogP contribution in [0.2, 0.25) is 5.02 Å². The van der Waals surface area contributed by atoms with Crippen molar-refractivity contribution in [1.82, 2.24) is 4.90 Å². The summed E-state index contributed by atoms with van der Waals surface area (Å²) in [5.74, 6) is 0.177. The van der Waals surface area contributed by atoms with Crippen molar-refractivity contribution >= 4 is 35.2 Å². The third kappa shape index (κ3) is 3.73. The Kier molecular flexibility index (Phi) is 5.28. The van der Waals surface area contributed by atoms with Gasteiger partial charge in [0, 0.05) is 18.1 Å². The van der Waals surface area contributed by atoms with Gasteiger partial charge in [0.05, 0.1) is 25.3 Å². The van der Waals surface area contributed by atoms with Crippen LogP contribution in [0.25, 0.3) is 6.08 Å². The van der Waals surface area contributed by atoms with Gasteiger partial charge < -0.3 is 15.0 Å². The molecule has 1 heterocycles. The number of rotatable bonds is 4. The van der Waals surface area contributed by atoms with E-state index in [9.17, 15) is 9.59 Å². The van der Waals surface area contributed by atoms with Crippen molar-refractivity contribution < 1.29 is 14.3 Å². The summed E-state index contributed by atoms with van der Waals surface area (Å²) in [7, 11) is 1.53. The molecule has 0 radical (unpaired) electrons. The Hall–Kier alpha value is -2.79. The standard InChI is InChI=1S/C20H19ClN2O3/c1-13(24)23-10-9-14-5-3-4-6-16(14)18(23)12-20(25)22-17-11-15(21)7-8-19(17)26-2/h3-11,18H,12H2,1-2H3,(H,22,25)/t18-/m1/s1. The number of hydrogen-bond donors (Lipinski definition) is 1. The molecule has 6 heteroatoms. The molecule has 0 bridgehead atoms. The van der Waals surface area contributed by atoms with E-state index in [-0.39, 0.29) is 24.3 Å². The molecule has 0 aromatic heterocycles. The van der Waals surface area contributed by atoms with E-state index in [1.807, 2.05) is 30.3 Å². The summed E-state index contributed by atoms with van der Waals surface area (Å²) in [4.78, 5) is 26.3. The molecule has 2 amide bonds. The fourth-order valence-corrected chi connectivity index (χ4v) is 3.24. The van der Waals surface area contributed by atoms with Crippen LogP contribution in [0.5, 0.6) is 5.75 Å². The van der Waals surface area contributed by atoms with Crippen LogP contribution in [0.3, 0.4) is 0 Å². The van der Waals surface area contributed by atoms with Crippen molar-refractivity contribution in [2.75, 3.05) is 12.4 Å². The van der Waals surface area contributed by atoms with Gasteiger partial charge in [-0.1, -0.05) is 35.9 Å². The zero-order valence-corrected chi connectivity index (χ0v) is 15.3. The average Bonchev–Trinajstić information content (AvgIpc) is 2.62. The minimum Gasteiger partial charge on any atom is -0.495 e. The first kappa shape index (κ1) is 18.0. The summed E-state index contributed by atoms with van der Waals surface area (Å²) < 4.78 is 5.26. The van der Waals surface area contributed by atoms with Crippen LogP contribution in [0, 0.1) is 0 Å². The number of hydrogen-bond acceptors (Lipinski definition) is 3. The zero-order valence-electron chi connectivity index (χ0n) is 14.5. The van der Waals surface area contributed by atoms with Gasteiger partial charge in [-0.2, -0.15) is 0 Å². The lowest BCUT2D eigenvalue weighted by Gasteiger charge is -2.32. The average molecular weight is 371 g/mol. The second-order valence-electron chi connectivity index (χ2n) is 5.98. The van der Waals surface area contributed by atoms with Crippen LogP contribution in [0.4, 0.5) is 5.69 Å². The Bertz CT molecular complexity index is 879. The largest absolute Gasteiger partial charge is 0.495 e. The van der Waals surface area contributed by atoms with Gasteiger partial charge >= 0.3 is 0 Å². The summed E-state index contributed by atoms with van der Waals surface area (Å²) >= 11 is 6.01. The molecule has 0 aliphatic carbocycles. The Balaban J connectivity index is 1.84. The first-order chi connectivity index (χ1) is 12.5. The number of nitrogens with zero attached hydrogens (tertiary/aromatic N) is 1. The van der Waals surface area contributed by atoms with Crippen molar-refractivity contribution in [3.8, 4) is 5.75 Å². The second-order valence-corrected chi connectivity index (χ2v) is 6.42. The minimum atomic E-state index is -0.362. The molecule has 0 saturated heterocycles. The molecule has 1 aliphatic rings. The molecular formula is C20H19ClN2O3. The van der Waals surface area contributed by atoms with E-state index in [0.29, 0.717) is 16.5 Å². The monoisotopic (exact) mass is 370 g/mol. The molecule has 3 rings (SSSR count). The van der Waals surface area contributed by atoms with Crippen LogP contribution in [0.15, 0.2) is 48.7 Å². The fourth-order valence-electron chi connectivity index (χ4n) is 3.07. The van der Waals surface area contributed by atoms with Crippen molar-refractivity contribution in [2.45, 2.75) is 19.4 Å². The SMILES string of the molecule is COc1ccc(Cl)cc1NC(=O)C[C@@H]1c2ccccc2C=CN1C(C)=O. The Morgan fingerprint density at radius 1 is 1.23 bits per heavy atom. The fraction of sp³-hybridized carbons (Fsp3) is 0.200. The smallest absolute Gasteiger partial charge is 0.226 e. The molecule has 26 heavy (non-hydrogen) atoms. The molecule has 0 unspecified atom stereocenters. The number of anilines is 1. The number of ether oxygens (including phenoxy) is 1. The molecule has 0 spiro atoms. The van der Waals surface area contributed by atoms with E-state index in [0.717, 1.165) is 11.1 Å². The van der Waals surface area contributed by atoms with Gasteiger partial charge in [-0.3, -0.25) is 9.59 Å². The quantitative estimate of drug-likeness (QED) is 0.875. The molecule has 0 fully saturated rings. The van der Waals surface area contributed by atoms with Gasteiger partial charge in [-0.15, -0.1) is 0 Å². The topological polar surface area (TPSA) is 58.6 Å². The van der Waals surface area contributed by atoms with Gasteiger partial charge in [0.15, 0.2) is 0 Å². The van der Waals surface area contributed by atoms with E-state index in [1.165, 1.54) is 14.0 Å². The van der Waals surface area contributed by atoms with Crippen LogP contribution < -0.4 is 10.1 Å². The highest BCUT2D eigenvalue weighted by Crippen LogP contribution is 2.34. The van der Waals surface area contributed by atoms with Gasteiger partial charge in [0.25, 0.3) is 0 Å². The first-order valence-corrected chi connectivity index (χ1v) is 8.57. The number of carbonyl (C=O) groups excluding carboxylic acids is 2. The molecule has 1 N–H and O–H groups in total. The number of carbonyl (C=O) groups is 2. The number of halogens is 1. The maximum absolute atomic E-state index is 12.7. The second kappa shape index (κ2) is 7.62. The summed E-state index contributed by atoms with van der Waals surface area (Å²) in [6, 6.07) is 12.4. The lowest BCUT2D eigenvalue weighted by Crippen LogP contribution is -2.33. The maximum atomic E-state index is 12.7. The lowest BCUT2D eigenvalue weighted by molar-refractivity contribution is -0.129. The first-order valence-electron chi connectivity index (χ1n) is 8.19. The van der Waals surface area contributed by atoms with Gasteiger partial charge in [-0.05, 0) is 35.4 Å². The van der Waals surface area contributed by atoms with Crippen molar-refractivity contribution in [1.29, 1.82) is 0 Å². The highest BCUT2D eigenvalue weighted by Gasteiger charge is 2.28. The number of amides is 2. The van der Waals surface area contributed by atoms with E-state index < -0.39 is 0 Å². The molecule has 2 aromatic carbocycles. The van der Waals surface area contributed by atoms with Crippen molar-refractivity contribution in [2.24, 2.45) is 0 Å². The molecule has 1 aliphatic heterocycles. The lowest BCUT2D eigenvalue weighted by atomic mass is 9.93. The predicted molar refractivity (Wildman–Crippen MR) is 102 cm³/mol. The number of nitrogens with one attached hydrogen (secondary N) is 1. The van der Waals surface area contributed by atoms with Gasteiger partial charge in [0.1, 0.15) is 5.75 Å². The van der Waals surface area contributed by atoms with E-state index in [4.69, 9.17) is 16.3 Å². The molecule has 134 valence electrons. The molecule has 1 atom stereocenters.